The van der Waals surface area contributed by atoms with Gasteiger partial charge >= 0.3 is 6.18 Å². The summed E-state index contributed by atoms with van der Waals surface area (Å²) in [5.74, 6) is -1.27. The number of nitrogens with one attached hydrogen (secondary N) is 1. The Balaban J connectivity index is 2.03. The quantitative estimate of drug-likeness (QED) is 0.800. The second-order valence-corrected chi connectivity index (χ2v) is 4.91. The molecule has 0 aliphatic rings. The van der Waals surface area contributed by atoms with Crippen LogP contribution in [0.2, 0.25) is 5.02 Å². The average molecular weight is 318 g/mol. The highest BCUT2D eigenvalue weighted by molar-refractivity contribution is 6.31. The first-order valence-corrected chi connectivity index (χ1v) is 6.55. The van der Waals surface area contributed by atoms with Crippen molar-refractivity contribution in [1.82, 2.24) is 5.32 Å². The van der Waals surface area contributed by atoms with E-state index in [1.807, 2.05) is 12.1 Å². The van der Waals surface area contributed by atoms with Gasteiger partial charge in [0.1, 0.15) is 5.82 Å². The van der Waals surface area contributed by atoms with Crippen LogP contribution in [0.15, 0.2) is 42.5 Å². The van der Waals surface area contributed by atoms with Gasteiger partial charge in [0.2, 0.25) is 0 Å². The predicted molar refractivity (Wildman–Crippen MR) is 73.4 cm³/mol. The van der Waals surface area contributed by atoms with Crippen molar-refractivity contribution < 1.29 is 17.6 Å². The molecule has 0 aliphatic carbocycles. The van der Waals surface area contributed by atoms with Gasteiger partial charge in [0.05, 0.1) is 5.56 Å². The lowest BCUT2D eigenvalue weighted by Crippen LogP contribution is -2.15. The third-order valence-corrected chi connectivity index (χ3v) is 3.31. The lowest BCUT2D eigenvalue weighted by Gasteiger charge is -2.11. The fourth-order valence-corrected chi connectivity index (χ4v) is 2.09. The molecule has 0 aliphatic heterocycles. The minimum Gasteiger partial charge on any atom is -0.309 e. The van der Waals surface area contributed by atoms with Crippen LogP contribution in [0, 0.1) is 5.82 Å². The van der Waals surface area contributed by atoms with E-state index in [2.05, 4.69) is 5.32 Å². The molecule has 1 nitrogen and oxygen atoms in total. The Morgan fingerprint density at radius 1 is 1.00 bits per heavy atom. The molecular weight excluding hydrogens is 306 g/mol. The van der Waals surface area contributed by atoms with Gasteiger partial charge in [-0.2, -0.15) is 13.2 Å². The predicted octanol–water partition coefficient (Wildman–Crippen LogP) is 4.79. The van der Waals surface area contributed by atoms with Gasteiger partial charge in [0.25, 0.3) is 0 Å². The average Bonchev–Trinajstić information content (AvgIpc) is 2.41. The van der Waals surface area contributed by atoms with Crippen molar-refractivity contribution in [2.24, 2.45) is 0 Å². The van der Waals surface area contributed by atoms with Crippen molar-refractivity contribution in [3.63, 3.8) is 0 Å². The van der Waals surface area contributed by atoms with Crippen molar-refractivity contribution in [1.29, 1.82) is 0 Å². The van der Waals surface area contributed by atoms with E-state index >= 15 is 0 Å². The van der Waals surface area contributed by atoms with Crippen LogP contribution in [0.25, 0.3) is 0 Å². The molecule has 0 spiro atoms. The van der Waals surface area contributed by atoms with Gasteiger partial charge in [-0.3, -0.25) is 0 Å². The molecule has 2 aromatic carbocycles. The Bertz CT molecular complexity index is 625. The fraction of sp³-hybridized carbons (Fsp3) is 0.200. The molecule has 1 N–H and O–H groups in total. The third-order valence-electron chi connectivity index (χ3n) is 2.94. The van der Waals surface area contributed by atoms with Crippen molar-refractivity contribution >= 4 is 11.6 Å². The molecule has 2 rings (SSSR count). The van der Waals surface area contributed by atoms with Gasteiger partial charge in [-0.25, -0.2) is 4.39 Å². The molecule has 0 saturated heterocycles. The monoisotopic (exact) mass is 317 g/mol. The van der Waals surface area contributed by atoms with E-state index in [-0.39, 0.29) is 6.54 Å². The summed E-state index contributed by atoms with van der Waals surface area (Å²) < 4.78 is 50.9. The Kier molecular flexibility index (Phi) is 4.85. The lowest BCUT2D eigenvalue weighted by atomic mass is 10.1. The lowest BCUT2D eigenvalue weighted by molar-refractivity contribution is -0.140. The Morgan fingerprint density at radius 3 is 2.38 bits per heavy atom. The van der Waals surface area contributed by atoms with E-state index in [9.17, 15) is 17.6 Å². The van der Waals surface area contributed by atoms with Gasteiger partial charge in [-0.15, -0.1) is 0 Å². The summed E-state index contributed by atoms with van der Waals surface area (Å²) in [6, 6.07) is 10.1. The highest BCUT2D eigenvalue weighted by Crippen LogP contribution is 2.31. The van der Waals surface area contributed by atoms with E-state index in [1.54, 1.807) is 12.1 Å². The van der Waals surface area contributed by atoms with Crippen LogP contribution < -0.4 is 5.32 Å². The first-order chi connectivity index (χ1) is 9.88. The highest BCUT2D eigenvalue weighted by atomic mass is 35.5. The van der Waals surface area contributed by atoms with Crippen LogP contribution in [-0.4, -0.2) is 0 Å². The van der Waals surface area contributed by atoms with E-state index in [0.717, 1.165) is 17.7 Å². The normalized spacial score (nSPS) is 11.7. The van der Waals surface area contributed by atoms with E-state index in [0.29, 0.717) is 17.1 Å². The summed E-state index contributed by atoms with van der Waals surface area (Å²) >= 11 is 5.97. The number of halogens is 5. The molecule has 6 heteroatoms. The molecule has 0 heterocycles. The van der Waals surface area contributed by atoms with Crippen molar-refractivity contribution in [3.05, 3.63) is 70.0 Å². The minimum atomic E-state index is -4.69. The van der Waals surface area contributed by atoms with E-state index < -0.39 is 17.6 Å². The molecule has 112 valence electrons. The zero-order chi connectivity index (χ0) is 15.5. The maximum absolute atomic E-state index is 13.1. The second-order valence-electron chi connectivity index (χ2n) is 4.51. The zero-order valence-electron chi connectivity index (χ0n) is 10.8. The minimum absolute atomic E-state index is 0.189. The van der Waals surface area contributed by atoms with Crippen LogP contribution >= 0.6 is 11.6 Å². The molecule has 0 bridgehead atoms. The Hall–Kier alpha value is -1.59. The molecule has 0 fully saturated rings. The van der Waals surface area contributed by atoms with Crippen LogP contribution in [0.5, 0.6) is 0 Å². The molecule has 2 aromatic rings. The Labute approximate surface area is 124 Å². The number of hydrogen-bond donors (Lipinski definition) is 1. The summed E-state index contributed by atoms with van der Waals surface area (Å²) in [6.07, 6.45) is -4.69. The summed E-state index contributed by atoms with van der Waals surface area (Å²) in [6.45, 7) is 0.604. The molecule has 0 saturated carbocycles. The van der Waals surface area contributed by atoms with E-state index in [1.165, 1.54) is 6.07 Å². The molecule has 0 unspecified atom stereocenters. The topological polar surface area (TPSA) is 12.0 Å². The van der Waals surface area contributed by atoms with Gasteiger partial charge < -0.3 is 5.32 Å². The standard InChI is InChI=1S/C15H12ClF4N/c16-13-4-2-1-3-11(13)9-21-8-10-5-6-14(17)12(7-10)15(18,19)20/h1-7,21H,8-9H2. The van der Waals surface area contributed by atoms with Crippen molar-refractivity contribution in [3.8, 4) is 0 Å². The fourth-order valence-electron chi connectivity index (χ4n) is 1.88. The number of hydrogen-bond acceptors (Lipinski definition) is 1. The van der Waals surface area contributed by atoms with Gasteiger partial charge in [0.15, 0.2) is 0 Å². The third kappa shape index (κ3) is 4.19. The van der Waals surface area contributed by atoms with Crippen LogP contribution in [0.3, 0.4) is 0 Å². The molecule has 0 amide bonds. The van der Waals surface area contributed by atoms with Crippen molar-refractivity contribution in [2.75, 3.05) is 0 Å². The molecular formula is C15H12ClF4N. The maximum Gasteiger partial charge on any atom is 0.419 e. The summed E-state index contributed by atoms with van der Waals surface area (Å²) in [7, 11) is 0. The summed E-state index contributed by atoms with van der Waals surface area (Å²) in [4.78, 5) is 0. The number of rotatable bonds is 4. The first-order valence-electron chi connectivity index (χ1n) is 6.17. The smallest absolute Gasteiger partial charge is 0.309 e. The SMILES string of the molecule is Fc1ccc(CNCc2ccccc2Cl)cc1C(F)(F)F. The Morgan fingerprint density at radius 2 is 1.71 bits per heavy atom. The largest absolute Gasteiger partial charge is 0.419 e. The molecule has 0 aromatic heterocycles. The number of alkyl halides is 3. The second kappa shape index (κ2) is 6.45. The number of benzene rings is 2. The highest BCUT2D eigenvalue weighted by Gasteiger charge is 2.34. The summed E-state index contributed by atoms with van der Waals surface area (Å²) in [5.41, 5.74) is -0.0485. The van der Waals surface area contributed by atoms with Crippen LogP contribution in [-0.2, 0) is 19.3 Å². The summed E-state index contributed by atoms with van der Waals surface area (Å²) in [5, 5.41) is 3.57. The van der Waals surface area contributed by atoms with Gasteiger partial charge in [-0.1, -0.05) is 35.9 Å². The van der Waals surface area contributed by atoms with E-state index in [4.69, 9.17) is 11.6 Å². The maximum atomic E-state index is 13.1. The van der Waals surface area contributed by atoms with Gasteiger partial charge in [-0.05, 0) is 29.3 Å². The van der Waals surface area contributed by atoms with Gasteiger partial charge in [0, 0.05) is 18.1 Å². The van der Waals surface area contributed by atoms with Crippen LogP contribution in [0.1, 0.15) is 16.7 Å². The van der Waals surface area contributed by atoms with Crippen LogP contribution in [0.4, 0.5) is 17.6 Å². The van der Waals surface area contributed by atoms with Crippen molar-refractivity contribution in [2.45, 2.75) is 19.3 Å². The molecule has 21 heavy (non-hydrogen) atoms. The zero-order valence-corrected chi connectivity index (χ0v) is 11.6. The molecule has 0 radical (unpaired) electrons. The molecule has 0 atom stereocenters. The first kappa shape index (κ1) is 15.8.